The number of allylic oxidation sites excluding steroid dienone is 1. The molecule has 2 atom stereocenters. The summed E-state index contributed by atoms with van der Waals surface area (Å²) >= 11 is 24.0. The fraction of sp³-hybridized carbons (Fsp3) is 0.400. The average molecular weight is 368 g/mol. The maximum absolute atomic E-state index is 12.1. The first kappa shape index (κ1) is 17.0. The molecule has 21 heavy (non-hydrogen) atoms. The first-order valence-corrected chi connectivity index (χ1v) is 7.84. The first-order chi connectivity index (χ1) is 9.71. The van der Waals surface area contributed by atoms with Crippen LogP contribution in [0.25, 0.3) is 0 Å². The number of esters is 1. The van der Waals surface area contributed by atoms with E-state index in [1.54, 1.807) is 6.08 Å². The molecule has 1 fully saturated rings. The van der Waals surface area contributed by atoms with E-state index in [9.17, 15) is 4.79 Å². The largest absolute Gasteiger partial charge is 0.460 e. The minimum atomic E-state index is -0.298. The summed E-state index contributed by atoms with van der Waals surface area (Å²) < 4.78 is 5.32. The number of rotatable bonds is 4. The van der Waals surface area contributed by atoms with Crippen molar-refractivity contribution in [3.8, 4) is 0 Å². The van der Waals surface area contributed by atoms with Gasteiger partial charge in [0.15, 0.2) is 0 Å². The highest BCUT2D eigenvalue weighted by Gasteiger charge is 2.61. The van der Waals surface area contributed by atoms with Gasteiger partial charge in [-0.2, -0.15) is 0 Å². The molecule has 0 N–H and O–H groups in total. The van der Waals surface area contributed by atoms with Crippen LogP contribution in [0.3, 0.4) is 0 Å². The lowest BCUT2D eigenvalue weighted by Gasteiger charge is -2.11. The van der Waals surface area contributed by atoms with E-state index in [2.05, 4.69) is 6.58 Å². The summed E-state index contributed by atoms with van der Waals surface area (Å²) in [6.45, 7) is 7.68. The second kappa shape index (κ2) is 6.00. The van der Waals surface area contributed by atoms with Crippen LogP contribution >= 0.6 is 46.4 Å². The summed E-state index contributed by atoms with van der Waals surface area (Å²) in [6.07, 6.45) is 1.78. The van der Waals surface area contributed by atoms with Crippen LogP contribution in [0.15, 0.2) is 18.7 Å². The molecule has 1 aromatic carbocycles. The molecule has 114 valence electrons. The first-order valence-electron chi connectivity index (χ1n) is 6.32. The van der Waals surface area contributed by atoms with E-state index in [1.807, 2.05) is 13.8 Å². The van der Waals surface area contributed by atoms with Crippen molar-refractivity contribution in [2.45, 2.75) is 20.5 Å². The summed E-state index contributed by atoms with van der Waals surface area (Å²) in [4.78, 5) is 12.1. The van der Waals surface area contributed by atoms with Crippen molar-refractivity contribution >= 4 is 52.4 Å². The number of ether oxygens (including phenoxy) is 1. The second-order valence-electron chi connectivity index (χ2n) is 5.61. The van der Waals surface area contributed by atoms with Crippen LogP contribution in [-0.2, 0) is 16.1 Å². The average Bonchev–Trinajstić information content (AvgIpc) is 2.98. The van der Waals surface area contributed by atoms with Crippen molar-refractivity contribution in [3.63, 3.8) is 0 Å². The van der Waals surface area contributed by atoms with Gasteiger partial charge in [0.05, 0.1) is 26.0 Å². The van der Waals surface area contributed by atoms with Gasteiger partial charge < -0.3 is 4.74 Å². The van der Waals surface area contributed by atoms with Gasteiger partial charge in [-0.3, -0.25) is 4.79 Å². The molecule has 0 bridgehead atoms. The van der Waals surface area contributed by atoms with Gasteiger partial charge in [-0.15, -0.1) is 6.58 Å². The van der Waals surface area contributed by atoms with E-state index in [1.165, 1.54) is 6.07 Å². The summed E-state index contributed by atoms with van der Waals surface area (Å²) in [6, 6.07) is 1.46. The van der Waals surface area contributed by atoms with Crippen molar-refractivity contribution in [2.75, 3.05) is 0 Å². The molecule has 0 radical (unpaired) electrons. The normalized spacial score (nSPS) is 22.8. The van der Waals surface area contributed by atoms with Crippen molar-refractivity contribution in [1.82, 2.24) is 0 Å². The third-order valence-corrected chi connectivity index (χ3v) is 5.63. The van der Waals surface area contributed by atoms with E-state index in [-0.39, 0.29) is 49.9 Å². The topological polar surface area (TPSA) is 26.3 Å². The lowest BCUT2D eigenvalue weighted by Crippen LogP contribution is -2.11. The molecule has 1 aliphatic rings. The quantitative estimate of drug-likeness (QED) is 0.381. The van der Waals surface area contributed by atoms with Gasteiger partial charge in [-0.1, -0.05) is 66.3 Å². The van der Waals surface area contributed by atoms with Crippen LogP contribution in [0.1, 0.15) is 19.4 Å². The zero-order valence-electron chi connectivity index (χ0n) is 11.6. The van der Waals surface area contributed by atoms with Gasteiger partial charge >= 0.3 is 5.97 Å². The van der Waals surface area contributed by atoms with Crippen LogP contribution in [0.5, 0.6) is 0 Å². The summed E-state index contributed by atoms with van der Waals surface area (Å²) in [5.41, 5.74) is 0.288. The zero-order chi connectivity index (χ0) is 15.9. The molecule has 0 heterocycles. The standard InChI is InChI=1S/C15H14Cl4O2/c1-4-8-11(15(8,2)3)14(20)21-6-7-12(18)9(16)5-10(17)13(7)19/h4-5,8,11H,1,6H2,2-3H3/t8-,11+/m1/s1. The maximum Gasteiger partial charge on any atom is 0.310 e. The molecule has 0 amide bonds. The molecule has 0 unspecified atom stereocenters. The summed E-state index contributed by atoms with van der Waals surface area (Å²) in [7, 11) is 0. The van der Waals surface area contributed by atoms with E-state index in [0.717, 1.165) is 0 Å². The molecule has 0 saturated heterocycles. The highest BCUT2D eigenvalue weighted by molar-refractivity contribution is 6.48. The maximum atomic E-state index is 12.1. The molecular weight excluding hydrogens is 354 g/mol. The van der Waals surface area contributed by atoms with Gasteiger partial charge in [-0.25, -0.2) is 0 Å². The van der Waals surface area contributed by atoms with Crippen LogP contribution in [0.4, 0.5) is 0 Å². The zero-order valence-corrected chi connectivity index (χ0v) is 14.6. The number of hydrogen-bond acceptors (Lipinski definition) is 2. The minimum Gasteiger partial charge on any atom is -0.460 e. The second-order valence-corrected chi connectivity index (χ2v) is 7.19. The van der Waals surface area contributed by atoms with Gasteiger partial charge in [-0.05, 0) is 17.4 Å². The van der Waals surface area contributed by atoms with Crippen LogP contribution in [0.2, 0.25) is 20.1 Å². The number of hydrogen-bond donors (Lipinski definition) is 0. The summed E-state index contributed by atoms with van der Waals surface area (Å²) in [5.74, 6) is -0.366. The molecule has 0 aromatic heterocycles. The molecule has 0 aliphatic heterocycles. The Balaban J connectivity index is 2.12. The van der Waals surface area contributed by atoms with E-state index < -0.39 is 0 Å². The number of halogens is 4. The smallest absolute Gasteiger partial charge is 0.310 e. The Labute approximate surface area is 144 Å². The van der Waals surface area contributed by atoms with Crippen LogP contribution < -0.4 is 0 Å². The van der Waals surface area contributed by atoms with Crippen LogP contribution in [-0.4, -0.2) is 5.97 Å². The fourth-order valence-corrected chi connectivity index (χ4v) is 3.51. The van der Waals surface area contributed by atoms with E-state index >= 15 is 0 Å². The molecule has 2 nitrogen and oxygen atoms in total. The lowest BCUT2D eigenvalue weighted by atomic mass is 10.1. The number of benzene rings is 1. The predicted molar refractivity (Wildman–Crippen MR) is 87.2 cm³/mol. The molecule has 1 saturated carbocycles. The third-order valence-electron chi connectivity index (χ3n) is 3.98. The molecule has 6 heteroatoms. The third kappa shape index (κ3) is 3.05. The van der Waals surface area contributed by atoms with Crippen molar-refractivity contribution in [3.05, 3.63) is 44.4 Å². The monoisotopic (exact) mass is 366 g/mol. The van der Waals surface area contributed by atoms with Crippen LogP contribution in [0, 0.1) is 17.3 Å². The minimum absolute atomic E-state index is 0.0623. The SMILES string of the molecule is C=C[C@@H]1[C@@H](C(=O)OCc2c(Cl)c(Cl)cc(Cl)c2Cl)C1(C)C. The van der Waals surface area contributed by atoms with Gasteiger partial charge in [0.25, 0.3) is 0 Å². The molecule has 1 aliphatic carbocycles. The molecular formula is C15H14Cl4O2. The molecule has 0 spiro atoms. The van der Waals surface area contributed by atoms with E-state index in [4.69, 9.17) is 51.1 Å². The number of carbonyl (C=O) groups is 1. The Hall–Kier alpha value is -0.410. The van der Waals surface area contributed by atoms with E-state index in [0.29, 0.717) is 5.56 Å². The molecule has 1 aromatic rings. The van der Waals surface area contributed by atoms with Crippen molar-refractivity contribution in [2.24, 2.45) is 17.3 Å². The Morgan fingerprint density at radius 1 is 1.29 bits per heavy atom. The Kier molecular flexibility index (Phi) is 4.84. The Bertz CT molecular complexity index is 584. The highest BCUT2D eigenvalue weighted by atomic mass is 35.5. The molecule has 2 rings (SSSR count). The van der Waals surface area contributed by atoms with Gasteiger partial charge in [0.1, 0.15) is 6.61 Å². The van der Waals surface area contributed by atoms with Crippen molar-refractivity contribution in [1.29, 1.82) is 0 Å². The van der Waals surface area contributed by atoms with Crippen molar-refractivity contribution < 1.29 is 9.53 Å². The number of carbonyl (C=O) groups excluding carboxylic acids is 1. The van der Waals surface area contributed by atoms with Gasteiger partial charge in [0.2, 0.25) is 0 Å². The summed E-state index contributed by atoms with van der Waals surface area (Å²) in [5, 5.41) is 1.03. The predicted octanol–water partition coefficient (Wildman–Crippen LogP) is 5.80. The lowest BCUT2D eigenvalue weighted by molar-refractivity contribution is -0.147. The van der Waals surface area contributed by atoms with Gasteiger partial charge in [0, 0.05) is 5.56 Å². The fourth-order valence-electron chi connectivity index (χ4n) is 2.55. The Morgan fingerprint density at radius 3 is 2.24 bits per heavy atom. The Morgan fingerprint density at radius 2 is 1.81 bits per heavy atom. The highest BCUT2D eigenvalue weighted by Crippen LogP contribution is 2.59.